The van der Waals surface area contributed by atoms with E-state index < -0.39 is 17.3 Å². The molecule has 2 heterocycles. The van der Waals surface area contributed by atoms with Gasteiger partial charge in [-0.3, -0.25) is 9.59 Å². The molecule has 1 aromatic carbocycles. The van der Waals surface area contributed by atoms with Crippen LogP contribution in [0.5, 0.6) is 5.75 Å². The number of anilines is 1. The van der Waals surface area contributed by atoms with Crippen LogP contribution in [-0.2, 0) is 9.59 Å². The summed E-state index contributed by atoms with van der Waals surface area (Å²) in [6, 6.07) is 6.75. The Morgan fingerprint density at radius 2 is 1.95 bits per heavy atom. The van der Waals surface area contributed by atoms with Crippen LogP contribution in [0.25, 0.3) is 0 Å². The van der Waals surface area contributed by atoms with E-state index in [4.69, 9.17) is 4.74 Å². The summed E-state index contributed by atoms with van der Waals surface area (Å²) in [5, 5.41) is 9.35. The molecule has 0 unspecified atom stereocenters. The molecule has 2 aliphatic rings. The SMILES string of the molecule is COc1ccc(N2C(=O)[C@@H]3[C@H](O)CS[C@@H]3C2=O)cc1. The van der Waals surface area contributed by atoms with Crippen molar-refractivity contribution >= 4 is 29.3 Å². The molecule has 1 aromatic rings. The Kier molecular flexibility index (Phi) is 2.99. The molecule has 2 fully saturated rings. The van der Waals surface area contributed by atoms with Crippen LogP contribution in [0, 0.1) is 5.92 Å². The molecule has 19 heavy (non-hydrogen) atoms. The average Bonchev–Trinajstić information content (AvgIpc) is 2.91. The summed E-state index contributed by atoms with van der Waals surface area (Å²) in [5.74, 6) is -0.0278. The number of hydrogen-bond acceptors (Lipinski definition) is 5. The second kappa shape index (κ2) is 4.54. The van der Waals surface area contributed by atoms with Gasteiger partial charge in [0.25, 0.3) is 0 Å². The molecule has 0 bridgehead atoms. The average molecular weight is 279 g/mol. The lowest BCUT2D eigenvalue weighted by Crippen LogP contribution is -2.34. The Bertz CT molecular complexity index is 530. The number of methoxy groups -OCH3 is 1. The number of ether oxygens (including phenoxy) is 1. The largest absolute Gasteiger partial charge is 0.497 e. The van der Waals surface area contributed by atoms with E-state index in [-0.39, 0.29) is 11.8 Å². The van der Waals surface area contributed by atoms with E-state index in [0.717, 1.165) is 0 Å². The van der Waals surface area contributed by atoms with E-state index in [1.54, 1.807) is 31.4 Å². The summed E-state index contributed by atoms with van der Waals surface area (Å²) in [6.07, 6.45) is -0.727. The van der Waals surface area contributed by atoms with Crippen molar-refractivity contribution in [2.24, 2.45) is 5.92 Å². The smallest absolute Gasteiger partial charge is 0.247 e. The Balaban J connectivity index is 1.93. The quantitative estimate of drug-likeness (QED) is 0.806. The highest BCUT2D eigenvalue weighted by Gasteiger charge is 2.55. The molecule has 5 nitrogen and oxygen atoms in total. The minimum Gasteiger partial charge on any atom is -0.497 e. The fourth-order valence-electron chi connectivity index (χ4n) is 2.50. The molecule has 3 atom stereocenters. The van der Waals surface area contributed by atoms with E-state index in [2.05, 4.69) is 0 Å². The predicted molar refractivity (Wildman–Crippen MR) is 71.2 cm³/mol. The molecule has 2 saturated heterocycles. The first-order chi connectivity index (χ1) is 9.13. The zero-order valence-electron chi connectivity index (χ0n) is 10.3. The first-order valence-corrected chi connectivity index (χ1v) is 7.00. The van der Waals surface area contributed by atoms with E-state index in [1.807, 2.05) is 0 Å². The number of carbonyl (C=O) groups excluding carboxylic acids is 2. The first-order valence-electron chi connectivity index (χ1n) is 5.95. The minimum atomic E-state index is -0.727. The molecule has 0 spiro atoms. The zero-order valence-corrected chi connectivity index (χ0v) is 11.1. The topological polar surface area (TPSA) is 66.8 Å². The van der Waals surface area contributed by atoms with E-state index in [9.17, 15) is 14.7 Å². The highest BCUT2D eigenvalue weighted by Crippen LogP contribution is 2.41. The standard InChI is InChI=1S/C13H13NO4S/c1-18-8-4-2-7(3-5-8)14-12(16)10-9(15)6-19-11(10)13(14)17/h2-5,9-11,15H,6H2,1H3/t9-,10-,11+/m1/s1. The van der Waals surface area contributed by atoms with Gasteiger partial charge in [-0.25, -0.2) is 4.90 Å². The van der Waals surface area contributed by atoms with Gasteiger partial charge < -0.3 is 9.84 Å². The third kappa shape index (κ3) is 1.82. The Morgan fingerprint density at radius 3 is 2.53 bits per heavy atom. The molecule has 0 radical (unpaired) electrons. The number of hydrogen-bond donors (Lipinski definition) is 1. The number of fused-ring (bicyclic) bond motifs is 1. The van der Waals surface area contributed by atoms with Crippen LogP contribution in [0.3, 0.4) is 0 Å². The van der Waals surface area contributed by atoms with Crippen LogP contribution in [0.15, 0.2) is 24.3 Å². The Hall–Kier alpha value is -1.53. The van der Waals surface area contributed by atoms with Crippen molar-refractivity contribution in [3.8, 4) is 5.75 Å². The summed E-state index contributed by atoms with van der Waals surface area (Å²) >= 11 is 1.35. The van der Waals surface area contributed by atoms with Crippen LogP contribution in [0.2, 0.25) is 0 Å². The van der Waals surface area contributed by atoms with Gasteiger partial charge in [-0.1, -0.05) is 0 Å². The molecule has 100 valence electrons. The van der Waals surface area contributed by atoms with E-state index in [0.29, 0.717) is 17.2 Å². The maximum absolute atomic E-state index is 12.3. The van der Waals surface area contributed by atoms with Gasteiger partial charge in [0.15, 0.2) is 0 Å². The van der Waals surface area contributed by atoms with Gasteiger partial charge in [-0.2, -0.15) is 0 Å². The number of thioether (sulfide) groups is 1. The third-order valence-corrected chi connectivity index (χ3v) is 4.88. The maximum atomic E-state index is 12.3. The fraction of sp³-hybridized carbons (Fsp3) is 0.385. The predicted octanol–water partition coefficient (Wildman–Crippen LogP) is 0.661. The summed E-state index contributed by atoms with van der Waals surface area (Å²) in [4.78, 5) is 25.7. The number of rotatable bonds is 2. The second-order valence-electron chi connectivity index (χ2n) is 4.56. The van der Waals surface area contributed by atoms with Gasteiger partial charge in [0.1, 0.15) is 5.75 Å². The number of aliphatic hydroxyl groups is 1. The first kappa shape index (κ1) is 12.5. The van der Waals surface area contributed by atoms with Gasteiger partial charge in [-0.05, 0) is 24.3 Å². The van der Waals surface area contributed by atoms with Gasteiger partial charge in [-0.15, -0.1) is 11.8 Å². The lowest BCUT2D eigenvalue weighted by molar-refractivity contribution is -0.123. The highest BCUT2D eigenvalue weighted by molar-refractivity contribution is 8.01. The summed E-state index contributed by atoms with van der Waals surface area (Å²) in [7, 11) is 1.55. The molecular formula is C13H13NO4S. The van der Waals surface area contributed by atoms with Crippen LogP contribution >= 0.6 is 11.8 Å². The summed E-state index contributed by atoms with van der Waals surface area (Å²) < 4.78 is 5.04. The summed E-state index contributed by atoms with van der Waals surface area (Å²) in [5.41, 5.74) is 0.526. The molecule has 2 aliphatic heterocycles. The second-order valence-corrected chi connectivity index (χ2v) is 5.73. The molecule has 0 aromatic heterocycles. The molecule has 0 saturated carbocycles. The molecule has 2 amide bonds. The van der Waals surface area contributed by atoms with Crippen molar-refractivity contribution < 1.29 is 19.4 Å². The van der Waals surface area contributed by atoms with Crippen LogP contribution in [-0.4, -0.2) is 41.1 Å². The van der Waals surface area contributed by atoms with E-state index in [1.165, 1.54) is 16.7 Å². The maximum Gasteiger partial charge on any atom is 0.247 e. The number of benzene rings is 1. The fourth-order valence-corrected chi connectivity index (χ4v) is 3.87. The number of carbonyl (C=O) groups is 2. The zero-order chi connectivity index (χ0) is 13.6. The van der Waals surface area contributed by atoms with Gasteiger partial charge in [0.2, 0.25) is 11.8 Å². The number of amides is 2. The van der Waals surface area contributed by atoms with Crippen LogP contribution in [0.1, 0.15) is 0 Å². The van der Waals surface area contributed by atoms with Gasteiger partial charge >= 0.3 is 0 Å². The van der Waals surface area contributed by atoms with Crippen LogP contribution < -0.4 is 9.64 Å². The third-order valence-electron chi connectivity index (χ3n) is 3.49. The lowest BCUT2D eigenvalue weighted by Gasteiger charge is -2.17. The number of nitrogens with zero attached hydrogens (tertiary/aromatic N) is 1. The van der Waals surface area contributed by atoms with Crippen molar-refractivity contribution in [2.75, 3.05) is 17.8 Å². The monoisotopic (exact) mass is 279 g/mol. The van der Waals surface area contributed by atoms with Crippen LogP contribution in [0.4, 0.5) is 5.69 Å². The van der Waals surface area contributed by atoms with Gasteiger partial charge in [0.05, 0.1) is 30.1 Å². The summed E-state index contributed by atoms with van der Waals surface area (Å²) in [6.45, 7) is 0. The Morgan fingerprint density at radius 1 is 1.26 bits per heavy atom. The van der Waals surface area contributed by atoms with E-state index >= 15 is 0 Å². The minimum absolute atomic E-state index is 0.235. The molecular weight excluding hydrogens is 266 g/mol. The molecule has 6 heteroatoms. The highest BCUT2D eigenvalue weighted by atomic mass is 32.2. The molecule has 3 rings (SSSR count). The normalized spacial score (nSPS) is 29.8. The Labute approximate surface area is 114 Å². The molecule has 0 aliphatic carbocycles. The molecule has 1 N–H and O–H groups in total. The van der Waals surface area contributed by atoms with Crippen molar-refractivity contribution in [1.82, 2.24) is 0 Å². The van der Waals surface area contributed by atoms with Crippen molar-refractivity contribution in [3.63, 3.8) is 0 Å². The van der Waals surface area contributed by atoms with Crippen molar-refractivity contribution in [1.29, 1.82) is 0 Å². The number of imide groups is 1. The van der Waals surface area contributed by atoms with Crippen molar-refractivity contribution in [2.45, 2.75) is 11.4 Å². The number of aliphatic hydroxyl groups excluding tert-OH is 1. The van der Waals surface area contributed by atoms with Crippen molar-refractivity contribution in [3.05, 3.63) is 24.3 Å². The van der Waals surface area contributed by atoms with Gasteiger partial charge in [0, 0.05) is 5.75 Å². The lowest BCUT2D eigenvalue weighted by atomic mass is 10.0.